The number of hydrogen-bond acceptors (Lipinski definition) is 6. The molecule has 1 amide bonds. The highest BCUT2D eigenvalue weighted by molar-refractivity contribution is 8.26. The van der Waals surface area contributed by atoms with Gasteiger partial charge in [0, 0.05) is 37.0 Å². The molecule has 2 saturated heterocycles. The van der Waals surface area contributed by atoms with Crippen LogP contribution in [-0.2, 0) is 14.8 Å². The third-order valence-electron chi connectivity index (χ3n) is 7.24. The first-order chi connectivity index (χ1) is 19.2. The zero-order valence-electron chi connectivity index (χ0n) is 23.0. The fraction of sp³-hybridized carbons (Fsp3) is 0.367. The smallest absolute Gasteiger partial charge is 0.266 e. The fourth-order valence-corrected chi connectivity index (χ4v) is 8.36. The first kappa shape index (κ1) is 28.7. The van der Waals surface area contributed by atoms with Gasteiger partial charge in [-0.05, 0) is 55.0 Å². The molecule has 2 aliphatic rings. The number of amides is 1. The summed E-state index contributed by atoms with van der Waals surface area (Å²) >= 11 is 6.80. The van der Waals surface area contributed by atoms with E-state index in [9.17, 15) is 13.2 Å². The number of carbonyl (C=O) groups excluding carboxylic acids is 1. The van der Waals surface area contributed by atoms with E-state index < -0.39 is 10.0 Å². The largest absolute Gasteiger partial charge is 0.293 e. The van der Waals surface area contributed by atoms with Crippen molar-refractivity contribution in [2.45, 2.75) is 44.9 Å². The Labute approximate surface area is 246 Å². The molecular formula is C30H34N4O3S3. The minimum atomic E-state index is -3.67. The van der Waals surface area contributed by atoms with Gasteiger partial charge in [0.25, 0.3) is 5.91 Å². The number of para-hydroxylation sites is 1. The predicted octanol–water partition coefficient (Wildman–Crippen LogP) is 6.21. The fourth-order valence-electron chi connectivity index (χ4n) is 5.34. The predicted molar refractivity (Wildman–Crippen MR) is 165 cm³/mol. The van der Waals surface area contributed by atoms with E-state index in [0.717, 1.165) is 30.5 Å². The average Bonchev–Trinajstić information content (AvgIpc) is 3.47. The molecule has 10 heteroatoms. The van der Waals surface area contributed by atoms with Crippen molar-refractivity contribution >= 4 is 50.3 Å². The van der Waals surface area contributed by atoms with Gasteiger partial charge in [-0.15, -0.1) is 0 Å². The summed E-state index contributed by atoms with van der Waals surface area (Å²) in [6.07, 6.45) is 6.57. The molecule has 3 aromatic rings. The Bertz CT molecular complexity index is 1540. The number of aromatic nitrogens is 2. The van der Waals surface area contributed by atoms with E-state index in [4.69, 9.17) is 17.3 Å². The average molecular weight is 595 g/mol. The molecule has 5 rings (SSSR count). The molecule has 3 heterocycles. The first-order valence-corrected chi connectivity index (χ1v) is 16.3. The lowest BCUT2D eigenvalue weighted by Gasteiger charge is -2.34. The standard InChI is InChI=1S/C30H34N4O3S3/c1-4-5-14-33-29(35)27(39-30(33)38)17-24-20-34(25-11-7-6-8-12-25)31-28(24)23-10-9-13-26(16-23)40(36,37)32-18-21(2)15-22(3)19-32/h6-13,16-17,20-22H,4-5,14-15,18-19H2,1-3H3. The Morgan fingerprint density at radius 2 is 1.80 bits per heavy atom. The van der Waals surface area contributed by atoms with Crippen LogP contribution in [0.25, 0.3) is 23.0 Å². The molecule has 1 aromatic heterocycles. The summed E-state index contributed by atoms with van der Waals surface area (Å²) in [6, 6.07) is 16.7. The van der Waals surface area contributed by atoms with Gasteiger partial charge in [0.1, 0.15) is 10.0 Å². The Morgan fingerprint density at radius 1 is 1.07 bits per heavy atom. The number of piperidine rings is 1. The second-order valence-corrected chi connectivity index (χ2v) is 14.3. The molecule has 0 radical (unpaired) electrons. The number of nitrogens with zero attached hydrogens (tertiary/aromatic N) is 4. The second-order valence-electron chi connectivity index (χ2n) is 10.7. The van der Waals surface area contributed by atoms with E-state index in [1.165, 1.54) is 11.8 Å². The summed E-state index contributed by atoms with van der Waals surface area (Å²) in [5.74, 6) is 0.517. The highest BCUT2D eigenvalue weighted by atomic mass is 32.2. The van der Waals surface area contributed by atoms with E-state index in [1.54, 1.807) is 32.1 Å². The van der Waals surface area contributed by atoms with E-state index in [2.05, 4.69) is 20.8 Å². The minimum Gasteiger partial charge on any atom is -0.293 e. The molecule has 2 atom stereocenters. The van der Waals surface area contributed by atoms with Crippen LogP contribution in [0.4, 0.5) is 0 Å². The lowest BCUT2D eigenvalue weighted by atomic mass is 9.94. The Hall–Kier alpha value is -2.79. The Morgan fingerprint density at radius 3 is 2.50 bits per heavy atom. The summed E-state index contributed by atoms with van der Waals surface area (Å²) in [5.41, 5.74) is 2.84. The maximum absolute atomic E-state index is 13.7. The lowest BCUT2D eigenvalue weighted by Crippen LogP contribution is -2.42. The molecule has 0 spiro atoms. The third kappa shape index (κ3) is 5.95. The van der Waals surface area contributed by atoms with Crippen LogP contribution < -0.4 is 0 Å². The zero-order chi connectivity index (χ0) is 28.4. The molecule has 2 fully saturated rings. The van der Waals surface area contributed by atoms with Gasteiger partial charge in [-0.25, -0.2) is 13.1 Å². The monoisotopic (exact) mass is 594 g/mol. The molecule has 2 unspecified atom stereocenters. The highest BCUT2D eigenvalue weighted by Crippen LogP contribution is 2.36. The van der Waals surface area contributed by atoms with E-state index in [0.29, 0.717) is 52.0 Å². The number of thiocarbonyl (C=S) groups is 1. The van der Waals surface area contributed by atoms with Crippen molar-refractivity contribution in [3.05, 3.63) is 71.3 Å². The van der Waals surface area contributed by atoms with E-state index >= 15 is 0 Å². The SMILES string of the molecule is CCCCN1C(=O)C(=Cc2cn(-c3ccccc3)nc2-c2cccc(S(=O)(=O)N3CC(C)CC(C)C3)c2)SC1=S. The van der Waals surface area contributed by atoms with Crippen molar-refractivity contribution in [3.8, 4) is 16.9 Å². The molecule has 0 N–H and O–H groups in total. The van der Waals surface area contributed by atoms with Crippen LogP contribution in [0.3, 0.4) is 0 Å². The van der Waals surface area contributed by atoms with Crippen LogP contribution in [-0.4, -0.2) is 57.3 Å². The van der Waals surface area contributed by atoms with Crippen LogP contribution in [0.5, 0.6) is 0 Å². The van der Waals surface area contributed by atoms with Crippen molar-refractivity contribution in [1.29, 1.82) is 0 Å². The molecule has 2 aromatic carbocycles. The summed E-state index contributed by atoms with van der Waals surface area (Å²) in [7, 11) is -3.67. The summed E-state index contributed by atoms with van der Waals surface area (Å²) < 4.78 is 31.3. The molecule has 0 aliphatic carbocycles. The third-order valence-corrected chi connectivity index (χ3v) is 10.4. The van der Waals surface area contributed by atoms with Crippen LogP contribution in [0.2, 0.25) is 0 Å². The number of hydrogen-bond donors (Lipinski definition) is 0. The molecular weight excluding hydrogens is 561 g/mol. The van der Waals surface area contributed by atoms with Crippen molar-refractivity contribution in [2.24, 2.45) is 11.8 Å². The number of benzene rings is 2. The highest BCUT2D eigenvalue weighted by Gasteiger charge is 2.33. The molecule has 2 aliphatic heterocycles. The van der Waals surface area contributed by atoms with Crippen molar-refractivity contribution < 1.29 is 13.2 Å². The second kappa shape index (κ2) is 12.0. The van der Waals surface area contributed by atoms with Gasteiger partial charge in [0.15, 0.2) is 0 Å². The Balaban J connectivity index is 1.56. The van der Waals surface area contributed by atoms with Crippen LogP contribution in [0, 0.1) is 11.8 Å². The van der Waals surface area contributed by atoms with E-state index in [1.807, 2.05) is 48.7 Å². The summed E-state index contributed by atoms with van der Waals surface area (Å²) in [6.45, 7) is 7.92. The molecule has 0 saturated carbocycles. The van der Waals surface area contributed by atoms with Gasteiger partial charge in [0.05, 0.1) is 15.5 Å². The van der Waals surface area contributed by atoms with Crippen LogP contribution in [0.1, 0.15) is 45.6 Å². The maximum atomic E-state index is 13.7. The van der Waals surface area contributed by atoms with Gasteiger partial charge >= 0.3 is 0 Å². The minimum absolute atomic E-state index is 0.105. The topological polar surface area (TPSA) is 75.5 Å². The molecule has 210 valence electrons. The Kier molecular flexibility index (Phi) is 8.61. The lowest BCUT2D eigenvalue weighted by molar-refractivity contribution is -0.122. The van der Waals surface area contributed by atoms with Crippen LogP contribution in [0.15, 0.2) is 70.6 Å². The van der Waals surface area contributed by atoms with Gasteiger partial charge < -0.3 is 0 Å². The number of carbonyl (C=O) groups is 1. The molecule has 0 bridgehead atoms. The number of sulfonamides is 1. The van der Waals surface area contributed by atoms with E-state index in [-0.39, 0.29) is 10.8 Å². The van der Waals surface area contributed by atoms with Gasteiger partial charge in [0.2, 0.25) is 10.0 Å². The van der Waals surface area contributed by atoms with Gasteiger partial charge in [-0.2, -0.15) is 9.40 Å². The zero-order valence-corrected chi connectivity index (χ0v) is 25.4. The number of rotatable bonds is 8. The first-order valence-electron chi connectivity index (χ1n) is 13.7. The number of unbranched alkanes of at least 4 members (excludes halogenated alkanes) is 1. The molecule has 7 nitrogen and oxygen atoms in total. The van der Waals surface area contributed by atoms with Gasteiger partial charge in [-0.3, -0.25) is 9.69 Å². The summed E-state index contributed by atoms with van der Waals surface area (Å²) in [5, 5.41) is 4.86. The van der Waals surface area contributed by atoms with Crippen molar-refractivity contribution in [3.63, 3.8) is 0 Å². The van der Waals surface area contributed by atoms with Crippen LogP contribution >= 0.6 is 24.0 Å². The van der Waals surface area contributed by atoms with Crippen molar-refractivity contribution in [1.82, 2.24) is 19.0 Å². The molecule has 40 heavy (non-hydrogen) atoms. The van der Waals surface area contributed by atoms with Crippen molar-refractivity contribution in [2.75, 3.05) is 19.6 Å². The quantitative estimate of drug-likeness (QED) is 0.228. The maximum Gasteiger partial charge on any atom is 0.266 e. The summed E-state index contributed by atoms with van der Waals surface area (Å²) in [4.78, 5) is 15.6. The number of thioether (sulfide) groups is 1. The normalized spacial score (nSPS) is 21.5. The van der Waals surface area contributed by atoms with Gasteiger partial charge in [-0.1, -0.05) is 81.5 Å².